The van der Waals surface area contributed by atoms with E-state index in [0.717, 1.165) is 25.4 Å². The lowest BCUT2D eigenvalue weighted by Crippen LogP contribution is -2.08. The fourth-order valence-corrected chi connectivity index (χ4v) is 3.41. The minimum absolute atomic E-state index is 0.200. The molecule has 2 heterocycles. The zero-order chi connectivity index (χ0) is 12.7. The highest BCUT2D eigenvalue weighted by Gasteiger charge is 2.16. The van der Waals surface area contributed by atoms with Crippen molar-refractivity contribution < 1.29 is 4.42 Å². The van der Waals surface area contributed by atoms with Gasteiger partial charge in [-0.25, -0.2) is 0 Å². The summed E-state index contributed by atoms with van der Waals surface area (Å²) in [5, 5.41) is 1.11. The Labute approximate surface area is 118 Å². The van der Waals surface area contributed by atoms with E-state index in [1.165, 1.54) is 5.56 Å². The maximum absolute atomic E-state index is 6.23. The molecule has 0 aliphatic rings. The molecule has 0 amide bonds. The lowest BCUT2D eigenvalue weighted by molar-refractivity contribution is 0.528. The van der Waals surface area contributed by atoms with E-state index in [4.69, 9.17) is 10.2 Å². The summed E-state index contributed by atoms with van der Waals surface area (Å²) in [7, 11) is 0. The van der Waals surface area contributed by atoms with Crippen molar-refractivity contribution in [3.63, 3.8) is 0 Å². The van der Waals surface area contributed by atoms with Gasteiger partial charge >= 0.3 is 0 Å². The van der Waals surface area contributed by atoms with Crippen LogP contribution >= 0.6 is 27.3 Å². The van der Waals surface area contributed by atoms with Crippen molar-refractivity contribution in [2.45, 2.75) is 13.0 Å². The van der Waals surface area contributed by atoms with E-state index in [1.807, 2.05) is 30.3 Å². The summed E-state index contributed by atoms with van der Waals surface area (Å²) >= 11 is 5.08. The van der Waals surface area contributed by atoms with Crippen LogP contribution in [-0.4, -0.2) is 0 Å². The number of fused-ring (bicyclic) bond motifs is 1. The molecule has 0 aliphatic carbocycles. The first-order valence-electron chi connectivity index (χ1n) is 5.64. The second-order valence-corrected chi connectivity index (χ2v) is 6.80. The first-order valence-corrected chi connectivity index (χ1v) is 7.25. The van der Waals surface area contributed by atoms with Crippen molar-refractivity contribution in [2.24, 2.45) is 5.73 Å². The van der Waals surface area contributed by atoms with Gasteiger partial charge in [0.25, 0.3) is 0 Å². The Balaban J connectivity index is 2.03. The molecule has 2 aromatic heterocycles. The molecule has 0 fully saturated rings. The largest absolute Gasteiger partial charge is 0.459 e. The first kappa shape index (κ1) is 12.0. The molecule has 0 saturated carbocycles. The molecule has 0 radical (unpaired) electrons. The third kappa shape index (κ3) is 2.11. The number of benzene rings is 1. The maximum atomic E-state index is 6.23. The van der Waals surface area contributed by atoms with Crippen LogP contribution < -0.4 is 5.73 Å². The minimum Gasteiger partial charge on any atom is -0.459 e. The minimum atomic E-state index is -0.200. The summed E-state index contributed by atoms with van der Waals surface area (Å²) < 4.78 is 6.90. The van der Waals surface area contributed by atoms with E-state index in [9.17, 15) is 0 Å². The molecule has 3 rings (SSSR count). The zero-order valence-corrected chi connectivity index (χ0v) is 12.2. The molecular formula is C14H12BrNOS. The smallest absolute Gasteiger partial charge is 0.134 e. The lowest BCUT2D eigenvalue weighted by atomic mass is 10.1. The highest BCUT2D eigenvalue weighted by atomic mass is 79.9. The van der Waals surface area contributed by atoms with E-state index in [0.29, 0.717) is 0 Å². The van der Waals surface area contributed by atoms with Crippen LogP contribution in [0.3, 0.4) is 0 Å². The van der Waals surface area contributed by atoms with Gasteiger partial charge in [0.15, 0.2) is 0 Å². The lowest BCUT2D eigenvalue weighted by Gasteiger charge is -2.04. The van der Waals surface area contributed by atoms with Gasteiger partial charge in [0.2, 0.25) is 0 Å². The summed E-state index contributed by atoms with van der Waals surface area (Å²) in [4.78, 5) is 1.10. The highest BCUT2D eigenvalue weighted by Crippen LogP contribution is 2.32. The third-order valence-electron chi connectivity index (χ3n) is 2.90. The molecule has 18 heavy (non-hydrogen) atoms. The van der Waals surface area contributed by atoms with Gasteiger partial charge in [-0.1, -0.05) is 11.6 Å². The van der Waals surface area contributed by atoms with E-state index in [-0.39, 0.29) is 6.04 Å². The molecule has 1 atom stereocenters. The van der Waals surface area contributed by atoms with E-state index >= 15 is 0 Å². The molecule has 3 aromatic rings. The Morgan fingerprint density at radius 2 is 2.06 bits per heavy atom. The van der Waals surface area contributed by atoms with Crippen molar-refractivity contribution in [1.82, 2.24) is 0 Å². The third-order valence-corrected chi connectivity index (χ3v) is 4.60. The van der Waals surface area contributed by atoms with Crippen LogP contribution in [0.4, 0.5) is 0 Å². The Morgan fingerprint density at radius 3 is 2.78 bits per heavy atom. The van der Waals surface area contributed by atoms with Gasteiger partial charge in [0, 0.05) is 10.3 Å². The van der Waals surface area contributed by atoms with Crippen LogP contribution in [-0.2, 0) is 0 Å². The molecule has 0 bridgehead atoms. The molecule has 0 aliphatic heterocycles. The second kappa shape index (κ2) is 4.53. The first-order chi connectivity index (χ1) is 8.63. The van der Waals surface area contributed by atoms with Gasteiger partial charge in [0.1, 0.15) is 11.3 Å². The molecule has 2 nitrogen and oxygen atoms in total. The van der Waals surface area contributed by atoms with E-state index < -0.39 is 0 Å². The predicted molar refractivity (Wildman–Crippen MR) is 79.0 cm³/mol. The summed E-state index contributed by atoms with van der Waals surface area (Å²) in [5.74, 6) is 0.810. The molecule has 0 saturated heterocycles. The number of thiophene rings is 1. The SMILES string of the molecule is Cc1ccc2oc(C(N)c3ccc(Br)s3)cc2c1. The summed E-state index contributed by atoms with van der Waals surface area (Å²) in [6.07, 6.45) is 0. The Morgan fingerprint density at radius 1 is 1.22 bits per heavy atom. The van der Waals surface area contributed by atoms with Gasteiger partial charge in [-0.05, 0) is 53.2 Å². The van der Waals surface area contributed by atoms with Crippen molar-refractivity contribution in [3.05, 3.63) is 56.4 Å². The molecule has 1 unspecified atom stereocenters. The monoisotopic (exact) mass is 321 g/mol. The summed E-state index contributed by atoms with van der Waals surface area (Å²) in [6, 6.07) is 12.0. The Bertz CT molecular complexity index is 701. The molecule has 1 aromatic carbocycles. The van der Waals surface area contributed by atoms with Gasteiger partial charge in [-0.2, -0.15) is 0 Å². The van der Waals surface area contributed by atoms with Crippen molar-refractivity contribution >= 4 is 38.2 Å². The number of furan rings is 1. The number of nitrogens with two attached hydrogens (primary N) is 1. The number of rotatable bonds is 2. The summed E-state index contributed by atoms with van der Waals surface area (Å²) in [5.41, 5.74) is 8.34. The fraction of sp³-hybridized carbons (Fsp3) is 0.143. The topological polar surface area (TPSA) is 39.2 Å². The van der Waals surface area contributed by atoms with Crippen LogP contribution in [0.2, 0.25) is 0 Å². The van der Waals surface area contributed by atoms with Crippen LogP contribution in [0.25, 0.3) is 11.0 Å². The number of halogens is 1. The molecule has 4 heteroatoms. The summed E-state index contributed by atoms with van der Waals surface area (Å²) in [6.45, 7) is 2.07. The second-order valence-electron chi connectivity index (χ2n) is 4.31. The Kier molecular flexibility index (Phi) is 3.01. The quantitative estimate of drug-likeness (QED) is 0.748. The van der Waals surface area contributed by atoms with Gasteiger partial charge in [-0.15, -0.1) is 11.3 Å². The number of hydrogen-bond donors (Lipinski definition) is 1. The zero-order valence-electron chi connectivity index (χ0n) is 9.81. The predicted octanol–water partition coefficient (Wildman–Crippen LogP) is 4.61. The van der Waals surface area contributed by atoms with Crippen LogP contribution in [0, 0.1) is 6.92 Å². The van der Waals surface area contributed by atoms with E-state index in [2.05, 4.69) is 28.9 Å². The average Bonchev–Trinajstić information content (AvgIpc) is 2.93. The van der Waals surface area contributed by atoms with Gasteiger partial charge in [0.05, 0.1) is 9.83 Å². The normalized spacial score (nSPS) is 13.1. The molecular weight excluding hydrogens is 310 g/mol. The molecule has 2 N–H and O–H groups in total. The van der Waals surface area contributed by atoms with Gasteiger partial charge in [-0.3, -0.25) is 0 Å². The van der Waals surface area contributed by atoms with Crippen molar-refractivity contribution in [1.29, 1.82) is 0 Å². The highest BCUT2D eigenvalue weighted by molar-refractivity contribution is 9.11. The maximum Gasteiger partial charge on any atom is 0.134 e. The molecule has 0 spiro atoms. The average molecular weight is 322 g/mol. The number of hydrogen-bond acceptors (Lipinski definition) is 3. The van der Waals surface area contributed by atoms with Gasteiger partial charge < -0.3 is 10.2 Å². The number of aryl methyl sites for hydroxylation is 1. The van der Waals surface area contributed by atoms with Crippen molar-refractivity contribution in [3.8, 4) is 0 Å². The van der Waals surface area contributed by atoms with Crippen molar-refractivity contribution in [2.75, 3.05) is 0 Å². The molecule has 92 valence electrons. The van der Waals surface area contributed by atoms with E-state index in [1.54, 1.807) is 11.3 Å². The Hall–Kier alpha value is -1.10. The van der Waals surface area contributed by atoms with Crippen LogP contribution in [0.5, 0.6) is 0 Å². The van der Waals surface area contributed by atoms with Crippen LogP contribution in [0.15, 0.2) is 44.6 Å². The standard InChI is InChI=1S/C14H12BrNOS/c1-8-2-3-10-9(6-8)7-11(17-10)14(16)12-4-5-13(15)18-12/h2-7,14H,16H2,1H3. The fourth-order valence-electron chi connectivity index (χ4n) is 1.97. The van der Waals surface area contributed by atoms with Crippen LogP contribution in [0.1, 0.15) is 22.2 Å².